The maximum atomic E-state index is 12.9. The largest absolute Gasteiger partial charge is 0.349 e. The first-order valence-electron chi connectivity index (χ1n) is 8.24. The highest BCUT2D eigenvalue weighted by Gasteiger charge is 2.24. The predicted octanol–water partition coefficient (Wildman–Crippen LogP) is 2.81. The molecule has 1 N–H and O–H groups in total. The van der Waals surface area contributed by atoms with Crippen LogP contribution in [0.2, 0.25) is 0 Å². The van der Waals surface area contributed by atoms with Crippen LogP contribution in [-0.4, -0.2) is 29.4 Å². The number of pyridine rings is 1. The highest BCUT2D eigenvalue weighted by Crippen LogP contribution is 2.27. The van der Waals surface area contributed by atoms with Gasteiger partial charge in [0.2, 0.25) is 0 Å². The van der Waals surface area contributed by atoms with Crippen LogP contribution >= 0.6 is 0 Å². The van der Waals surface area contributed by atoms with Crippen molar-refractivity contribution in [3.8, 4) is 0 Å². The van der Waals surface area contributed by atoms with Crippen molar-refractivity contribution < 1.29 is 9.59 Å². The second-order valence-electron chi connectivity index (χ2n) is 6.23. The van der Waals surface area contributed by atoms with Crippen molar-refractivity contribution in [2.24, 2.45) is 0 Å². The summed E-state index contributed by atoms with van der Waals surface area (Å²) in [5.41, 5.74) is 2.67. The summed E-state index contributed by atoms with van der Waals surface area (Å²) in [4.78, 5) is 31.0. The van der Waals surface area contributed by atoms with E-state index in [4.69, 9.17) is 0 Å². The minimum Gasteiger partial charge on any atom is -0.349 e. The van der Waals surface area contributed by atoms with Crippen LogP contribution in [0.1, 0.15) is 46.8 Å². The predicted molar refractivity (Wildman–Crippen MR) is 93.3 cm³/mol. The summed E-state index contributed by atoms with van der Waals surface area (Å²) in [6.45, 7) is 4.44. The Morgan fingerprint density at radius 1 is 1.08 bits per heavy atom. The number of anilines is 1. The number of nitrogens with zero attached hydrogens (tertiary/aromatic N) is 2. The van der Waals surface area contributed by atoms with E-state index in [2.05, 4.69) is 16.4 Å². The smallest absolute Gasteiger partial charge is 0.276 e. The molecule has 2 amide bonds. The Kier molecular flexibility index (Phi) is 4.60. The van der Waals surface area contributed by atoms with Crippen molar-refractivity contribution in [1.82, 2.24) is 10.3 Å². The van der Waals surface area contributed by atoms with Crippen LogP contribution in [0.15, 0.2) is 42.5 Å². The van der Waals surface area contributed by atoms with Gasteiger partial charge >= 0.3 is 0 Å². The lowest BCUT2D eigenvalue weighted by atomic mass is 10.0. The first kappa shape index (κ1) is 16.2. The standard InChI is InChI=1S/C19H21N3O2/c1-13(2)20-18(23)15-9-5-10-16(21-15)19(24)22-12-6-8-14-7-3-4-11-17(14)22/h3-5,7,9-11,13H,6,8,12H2,1-2H3,(H,20,23). The molecule has 1 aromatic carbocycles. The monoisotopic (exact) mass is 323 g/mol. The van der Waals surface area contributed by atoms with Crippen LogP contribution in [0.5, 0.6) is 0 Å². The lowest BCUT2D eigenvalue weighted by Crippen LogP contribution is -2.36. The Bertz CT molecular complexity index is 771. The zero-order valence-corrected chi connectivity index (χ0v) is 14.0. The van der Waals surface area contributed by atoms with Gasteiger partial charge in [-0.3, -0.25) is 9.59 Å². The van der Waals surface area contributed by atoms with E-state index in [-0.39, 0.29) is 23.6 Å². The molecule has 0 bridgehead atoms. The lowest BCUT2D eigenvalue weighted by molar-refractivity contribution is 0.0937. The number of carbonyl (C=O) groups is 2. The molecule has 1 aromatic heterocycles. The number of fused-ring (bicyclic) bond motifs is 1. The van der Waals surface area contributed by atoms with Crippen molar-refractivity contribution in [2.75, 3.05) is 11.4 Å². The Morgan fingerprint density at radius 3 is 2.62 bits per heavy atom. The molecule has 124 valence electrons. The van der Waals surface area contributed by atoms with E-state index in [0.29, 0.717) is 12.2 Å². The molecule has 2 aromatic rings. The number of carbonyl (C=O) groups excluding carboxylic acids is 2. The van der Waals surface area contributed by atoms with Gasteiger partial charge in [-0.1, -0.05) is 24.3 Å². The fourth-order valence-electron chi connectivity index (χ4n) is 2.90. The molecule has 0 aliphatic carbocycles. The third-order valence-corrected chi connectivity index (χ3v) is 3.98. The Morgan fingerprint density at radius 2 is 1.83 bits per heavy atom. The molecule has 5 heteroatoms. The molecule has 5 nitrogen and oxygen atoms in total. The number of nitrogens with one attached hydrogen (secondary N) is 1. The summed E-state index contributed by atoms with van der Waals surface area (Å²) in [6.07, 6.45) is 1.90. The molecule has 0 atom stereocenters. The van der Waals surface area contributed by atoms with Gasteiger partial charge in [-0.25, -0.2) is 4.98 Å². The van der Waals surface area contributed by atoms with Crippen LogP contribution in [0, 0.1) is 0 Å². The number of rotatable bonds is 3. The van der Waals surface area contributed by atoms with Crippen molar-refractivity contribution in [3.63, 3.8) is 0 Å². The first-order valence-corrected chi connectivity index (χ1v) is 8.24. The van der Waals surface area contributed by atoms with Gasteiger partial charge in [-0.2, -0.15) is 0 Å². The Balaban J connectivity index is 1.88. The summed E-state index contributed by atoms with van der Waals surface area (Å²) >= 11 is 0. The summed E-state index contributed by atoms with van der Waals surface area (Å²) in [7, 11) is 0. The van der Waals surface area contributed by atoms with Crippen molar-refractivity contribution in [1.29, 1.82) is 0 Å². The molecule has 24 heavy (non-hydrogen) atoms. The van der Waals surface area contributed by atoms with Crippen molar-refractivity contribution in [2.45, 2.75) is 32.7 Å². The fourth-order valence-corrected chi connectivity index (χ4v) is 2.90. The van der Waals surface area contributed by atoms with E-state index in [1.54, 1.807) is 23.1 Å². The number of amides is 2. The van der Waals surface area contributed by atoms with Crippen LogP contribution in [0.3, 0.4) is 0 Å². The van der Waals surface area contributed by atoms with E-state index in [0.717, 1.165) is 18.5 Å². The number of benzene rings is 1. The van der Waals surface area contributed by atoms with Crippen LogP contribution in [0.4, 0.5) is 5.69 Å². The molecule has 0 fully saturated rings. The molecule has 3 rings (SSSR count). The summed E-state index contributed by atoms with van der Waals surface area (Å²) in [6, 6.07) is 12.9. The molecule has 0 radical (unpaired) electrons. The third kappa shape index (κ3) is 3.30. The van der Waals surface area contributed by atoms with Gasteiger partial charge in [0.1, 0.15) is 11.4 Å². The number of aryl methyl sites for hydroxylation is 1. The highest BCUT2D eigenvalue weighted by molar-refractivity contribution is 6.06. The van der Waals surface area contributed by atoms with Crippen molar-refractivity contribution >= 4 is 17.5 Å². The average molecular weight is 323 g/mol. The minimum atomic E-state index is -0.265. The topological polar surface area (TPSA) is 62.3 Å². The van der Waals surface area contributed by atoms with Gasteiger partial charge in [-0.15, -0.1) is 0 Å². The van der Waals surface area contributed by atoms with Crippen LogP contribution in [-0.2, 0) is 6.42 Å². The Hall–Kier alpha value is -2.69. The van der Waals surface area contributed by atoms with Gasteiger partial charge in [0.05, 0.1) is 0 Å². The number of para-hydroxylation sites is 1. The molecular weight excluding hydrogens is 302 g/mol. The molecule has 2 heterocycles. The normalized spacial score (nSPS) is 13.5. The Labute approximate surface area is 141 Å². The van der Waals surface area contributed by atoms with Gasteiger partial charge < -0.3 is 10.2 Å². The zero-order chi connectivity index (χ0) is 17.1. The molecular formula is C19H21N3O2. The quantitative estimate of drug-likeness (QED) is 0.945. The van der Waals surface area contributed by atoms with Crippen LogP contribution in [0.25, 0.3) is 0 Å². The van der Waals surface area contributed by atoms with Gasteiger partial charge in [0, 0.05) is 18.3 Å². The van der Waals surface area contributed by atoms with Crippen LogP contribution < -0.4 is 10.2 Å². The molecule has 1 aliphatic heterocycles. The molecule has 0 saturated carbocycles. The molecule has 0 spiro atoms. The lowest BCUT2D eigenvalue weighted by Gasteiger charge is -2.29. The number of hydrogen-bond acceptors (Lipinski definition) is 3. The maximum Gasteiger partial charge on any atom is 0.276 e. The minimum absolute atomic E-state index is 0.0210. The van der Waals surface area contributed by atoms with Gasteiger partial charge in [0.15, 0.2) is 0 Å². The van der Waals surface area contributed by atoms with Gasteiger partial charge in [0.25, 0.3) is 11.8 Å². The van der Waals surface area contributed by atoms with E-state index < -0.39 is 0 Å². The SMILES string of the molecule is CC(C)NC(=O)c1cccc(C(=O)N2CCCc3ccccc32)n1. The second kappa shape index (κ2) is 6.83. The zero-order valence-electron chi connectivity index (χ0n) is 14.0. The summed E-state index contributed by atoms with van der Waals surface area (Å²) < 4.78 is 0. The molecule has 0 saturated heterocycles. The van der Waals surface area contributed by atoms with Crippen molar-refractivity contribution in [3.05, 3.63) is 59.4 Å². The first-order chi connectivity index (χ1) is 11.6. The van der Waals surface area contributed by atoms with E-state index in [1.165, 1.54) is 5.56 Å². The van der Waals surface area contributed by atoms with E-state index >= 15 is 0 Å². The highest BCUT2D eigenvalue weighted by atomic mass is 16.2. The second-order valence-corrected chi connectivity index (χ2v) is 6.23. The third-order valence-electron chi connectivity index (χ3n) is 3.98. The van der Waals surface area contributed by atoms with E-state index in [9.17, 15) is 9.59 Å². The number of hydrogen-bond donors (Lipinski definition) is 1. The van der Waals surface area contributed by atoms with Gasteiger partial charge in [-0.05, 0) is 50.5 Å². The fraction of sp³-hybridized carbons (Fsp3) is 0.316. The summed E-state index contributed by atoms with van der Waals surface area (Å²) in [5.74, 6) is -0.431. The number of aromatic nitrogens is 1. The molecule has 0 unspecified atom stereocenters. The summed E-state index contributed by atoms with van der Waals surface area (Å²) in [5, 5.41) is 2.79. The maximum absolute atomic E-state index is 12.9. The van der Waals surface area contributed by atoms with E-state index in [1.807, 2.05) is 32.0 Å². The molecule has 1 aliphatic rings. The average Bonchev–Trinajstić information content (AvgIpc) is 2.60.